The monoisotopic (exact) mass is 725 g/mol. The molecule has 11 rings (SSSR count). The maximum absolute atomic E-state index is 5.23. The maximum atomic E-state index is 5.23. The zero-order valence-electron chi connectivity index (χ0n) is 31.0. The molecule has 8 aromatic carbocycles. The average Bonchev–Trinajstić information content (AvgIpc) is 3.65. The van der Waals surface area contributed by atoms with E-state index in [-0.39, 0.29) is 0 Å². The van der Waals surface area contributed by atoms with Gasteiger partial charge in [-0.3, -0.25) is 0 Å². The van der Waals surface area contributed by atoms with Gasteiger partial charge in [-0.25, -0.2) is 9.97 Å². The molecule has 3 heteroatoms. The summed E-state index contributed by atoms with van der Waals surface area (Å²) in [4.78, 5) is 10.5. The van der Waals surface area contributed by atoms with Gasteiger partial charge in [0.05, 0.1) is 33.8 Å². The highest BCUT2D eigenvalue weighted by Crippen LogP contribution is 2.42. The predicted molar refractivity (Wildman–Crippen MR) is 238 cm³/mol. The lowest BCUT2D eigenvalue weighted by atomic mass is 9.94. The van der Waals surface area contributed by atoms with Crippen molar-refractivity contribution in [3.05, 3.63) is 212 Å². The van der Waals surface area contributed by atoms with Crippen LogP contribution in [0.25, 0.3) is 106 Å². The van der Waals surface area contributed by atoms with Gasteiger partial charge in [0.1, 0.15) is 0 Å². The van der Waals surface area contributed by atoms with Crippen LogP contribution in [-0.4, -0.2) is 14.5 Å². The minimum Gasteiger partial charge on any atom is -0.309 e. The topological polar surface area (TPSA) is 30.7 Å². The molecule has 0 amide bonds. The van der Waals surface area contributed by atoms with Crippen molar-refractivity contribution in [3.63, 3.8) is 0 Å². The lowest BCUT2D eigenvalue weighted by Crippen LogP contribution is -1.97. The normalized spacial score (nSPS) is 11.5. The van der Waals surface area contributed by atoms with Crippen LogP contribution in [-0.2, 0) is 0 Å². The second-order valence-electron chi connectivity index (χ2n) is 14.6. The van der Waals surface area contributed by atoms with Crippen LogP contribution in [0.15, 0.2) is 212 Å². The highest BCUT2D eigenvalue weighted by Gasteiger charge is 2.19. The molecule has 266 valence electrons. The molecule has 0 aliphatic carbocycles. The van der Waals surface area contributed by atoms with E-state index in [4.69, 9.17) is 9.97 Å². The predicted octanol–water partition coefficient (Wildman–Crippen LogP) is 14.2. The van der Waals surface area contributed by atoms with E-state index in [0.717, 1.165) is 73.0 Å². The molecule has 3 heterocycles. The molecule has 57 heavy (non-hydrogen) atoms. The number of hydrogen-bond donors (Lipinski definition) is 0. The number of hydrogen-bond acceptors (Lipinski definition) is 2. The Bertz CT molecular complexity index is 2880. The number of aromatic nitrogens is 3. The molecule has 0 saturated heterocycles. The van der Waals surface area contributed by atoms with E-state index in [1.54, 1.807) is 0 Å². The summed E-state index contributed by atoms with van der Waals surface area (Å²) in [6, 6.07) is 75.7. The van der Waals surface area contributed by atoms with Crippen LogP contribution in [0, 0.1) is 0 Å². The molecule has 0 bridgehead atoms. The van der Waals surface area contributed by atoms with Crippen LogP contribution in [0.4, 0.5) is 0 Å². The molecule has 0 atom stereocenters. The molecule has 0 unspecified atom stereocenters. The van der Waals surface area contributed by atoms with Crippen molar-refractivity contribution in [3.8, 4) is 73.0 Å². The molecule has 3 nitrogen and oxygen atoms in total. The average molecular weight is 726 g/mol. The number of rotatable bonds is 7. The lowest BCUT2D eigenvalue weighted by molar-refractivity contribution is 1.18. The fraction of sp³-hybridized carbons (Fsp3) is 0. The first-order valence-corrected chi connectivity index (χ1v) is 19.4. The molecule has 11 aromatic rings. The Kier molecular flexibility index (Phi) is 7.82. The van der Waals surface area contributed by atoms with Crippen molar-refractivity contribution in [2.24, 2.45) is 0 Å². The molecular weight excluding hydrogens is 691 g/mol. The van der Waals surface area contributed by atoms with Crippen molar-refractivity contribution in [1.29, 1.82) is 0 Å². The van der Waals surface area contributed by atoms with Gasteiger partial charge >= 0.3 is 0 Å². The summed E-state index contributed by atoms with van der Waals surface area (Å²) in [7, 11) is 0. The van der Waals surface area contributed by atoms with Gasteiger partial charge in [0.15, 0.2) is 0 Å². The summed E-state index contributed by atoms with van der Waals surface area (Å²) in [5.41, 5.74) is 15.9. The van der Waals surface area contributed by atoms with Gasteiger partial charge in [0.25, 0.3) is 0 Å². The zero-order valence-corrected chi connectivity index (χ0v) is 31.0. The molecule has 0 aliphatic heterocycles. The first-order chi connectivity index (χ1) is 28.2. The fourth-order valence-corrected chi connectivity index (χ4v) is 8.39. The van der Waals surface area contributed by atoms with Crippen molar-refractivity contribution < 1.29 is 0 Å². The van der Waals surface area contributed by atoms with E-state index in [1.165, 1.54) is 32.6 Å². The second kappa shape index (κ2) is 13.6. The number of benzene rings is 8. The van der Waals surface area contributed by atoms with Crippen LogP contribution in [0.1, 0.15) is 0 Å². The van der Waals surface area contributed by atoms with Crippen LogP contribution in [0.2, 0.25) is 0 Å². The van der Waals surface area contributed by atoms with Crippen LogP contribution >= 0.6 is 0 Å². The Morgan fingerprint density at radius 1 is 0.263 bits per heavy atom. The summed E-state index contributed by atoms with van der Waals surface area (Å²) in [6.07, 6.45) is 0. The van der Waals surface area contributed by atoms with Crippen LogP contribution in [0.5, 0.6) is 0 Å². The fourth-order valence-electron chi connectivity index (χ4n) is 8.39. The second-order valence-corrected chi connectivity index (χ2v) is 14.6. The summed E-state index contributed by atoms with van der Waals surface area (Å²) in [6.45, 7) is 0. The van der Waals surface area contributed by atoms with Gasteiger partial charge in [-0.05, 0) is 87.6 Å². The van der Waals surface area contributed by atoms with E-state index in [1.807, 2.05) is 0 Å². The van der Waals surface area contributed by atoms with Crippen molar-refractivity contribution in [2.45, 2.75) is 0 Å². The minimum atomic E-state index is 0.934. The molecule has 0 N–H and O–H groups in total. The van der Waals surface area contributed by atoms with Crippen molar-refractivity contribution in [1.82, 2.24) is 14.5 Å². The van der Waals surface area contributed by atoms with Crippen molar-refractivity contribution >= 4 is 32.6 Å². The third-order valence-corrected chi connectivity index (χ3v) is 11.1. The molecular formula is C54H35N3. The Morgan fingerprint density at radius 2 is 0.596 bits per heavy atom. The van der Waals surface area contributed by atoms with E-state index in [2.05, 4.69) is 217 Å². The highest BCUT2D eigenvalue weighted by atomic mass is 15.0. The van der Waals surface area contributed by atoms with Gasteiger partial charge < -0.3 is 4.57 Å². The Balaban J connectivity index is 1.21. The Hall–Kier alpha value is -7.62. The summed E-state index contributed by atoms with van der Waals surface area (Å²) < 4.78 is 2.45. The first kappa shape index (κ1) is 32.8. The SMILES string of the molecule is c1ccc(-c2cc(-c3cc(-c4cc(-c5ccccc5)nc(-c5ccccc5)c4)cc(-n4c5cccc6ccc7cccc4c7c65)c3)cc(-c3ccccc3)n2)cc1. The largest absolute Gasteiger partial charge is 0.309 e. The van der Waals surface area contributed by atoms with Gasteiger partial charge in [0, 0.05) is 38.7 Å². The van der Waals surface area contributed by atoms with E-state index < -0.39 is 0 Å². The smallest absolute Gasteiger partial charge is 0.0715 e. The van der Waals surface area contributed by atoms with Crippen molar-refractivity contribution in [2.75, 3.05) is 0 Å². The molecule has 0 radical (unpaired) electrons. The highest BCUT2D eigenvalue weighted by molar-refractivity contribution is 6.24. The van der Waals surface area contributed by atoms with E-state index in [0.29, 0.717) is 0 Å². The first-order valence-electron chi connectivity index (χ1n) is 19.4. The quantitative estimate of drug-likeness (QED) is 0.153. The third kappa shape index (κ3) is 5.85. The lowest BCUT2D eigenvalue weighted by Gasteiger charge is -2.16. The zero-order chi connectivity index (χ0) is 37.7. The molecule has 0 fully saturated rings. The van der Waals surface area contributed by atoms with Gasteiger partial charge in [-0.2, -0.15) is 0 Å². The van der Waals surface area contributed by atoms with Gasteiger partial charge in [-0.1, -0.05) is 158 Å². The number of pyridine rings is 2. The maximum Gasteiger partial charge on any atom is 0.0715 e. The van der Waals surface area contributed by atoms with Gasteiger partial charge in [-0.15, -0.1) is 0 Å². The summed E-state index contributed by atoms with van der Waals surface area (Å²) in [5, 5.41) is 5.07. The third-order valence-electron chi connectivity index (χ3n) is 11.1. The standard InChI is InChI=1S/C54H35N3/c1-5-15-36(16-6-1)47-32-44(33-48(55-47)37-17-7-2-8-18-37)42-29-43(45-34-49(38-19-9-3-10-20-38)56-50(35-45)39-21-11-4-12-22-39)31-46(30-42)57-51-25-13-23-40-27-28-41-24-14-26-52(57)54(41)53(40)51/h1-35H. The molecule has 0 spiro atoms. The van der Waals surface area contributed by atoms with Crippen LogP contribution in [0.3, 0.4) is 0 Å². The summed E-state index contributed by atoms with van der Waals surface area (Å²) in [5.74, 6) is 0. The molecule has 0 saturated carbocycles. The van der Waals surface area contributed by atoms with E-state index >= 15 is 0 Å². The number of nitrogens with zero attached hydrogens (tertiary/aromatic N) is 3. The Labute approximate surface area is 331 Å². The molecule has 0 aliphatic rings. The Morgan fingerprint density at radius 3 is 0.947 bits per heavy atom. The minimum absolute atomic E-state index is 0.934. The van der Waals surface area contributed by atoms with E-state index in [9.17, 15) is 0 Å². The molecule has 3 aromatic heterocycles. The van der Waals surface area contributed by atoms with Gasteiger partial charge in [0.2, 0.25) is 0 Å². The summed E-state index contributed by atoms with van der Waals surface area (Å²) >= 11 is 0. The van der Waals surface area contributed by atoms with Crippen LogP contribution < -0.4 is 0 Å².